The summed E-state index contributed by atoms with van der Waals surface area (Å²) in [4.78, 5) is 2.46. The van der Waals surface area contributed by atoms with Gasteiger partial charge in [-0.3, -0.25) is 4.90 Å². The number of rotatable bonds is 5. The minimum Gasteiger partial charge on any atom is -0.392 e. The summed E-state index contributed by atoms with van der Waals surface area (Å²) in [6, 6.07) is 0.532. The largest absolute Gasteiger partial charge is 0.392 e. The Bertz CT molecular complexity index is 433. The second-order valence-electron chi connectivity index (χ2n) is 6.23. The Hall–Kier alpha value is -0.0400. The molecule has 0 amide bonds. The van der Waals surface area contributed by atoms with Crippen LogP contribution in [0.15, 0.2) is 21.8 Å². The van der Waals surface area contributed by atoms with Crippen molar-refractivity contribution in [3.63, 3.8) is 0 Å². The molecule has 1 N–H and O–H groups in total. The lowest BCUT2D eigenvalue weighted by Crippen LogP contribution is -2.46. The molecule has 2 heterocycles. The van der Waals surface area contributed by atoms with Gasteiger partial charge in [-0.25, -0.2) is 0 Å². The third kappa shape index (κ3) is 4.47. The van der Waals surface area contributed by atoms with Gasteiger partial charge in [0.25, 0.3) is 0 Å². The zero-order chi connectivity index (χ0) is 14.5. The molecule has 1 saturated heterocycles. The molecule has 3 atom stereocenters. The molecular weight excluding hydrogens is 377 g/mol. The number of aliphatic hydroxyl groups is 1. The number of likely N-dealkylation sites (tertiary alicyclic amines) is 1. The van der Waals surface area contributed by atoms with Crippen LogP contribution in [0.3, 0.4) is 0 Å². The third-order valence-corrected chi connectivity index (χ3v) is 6.30. The minimum atomic E-state index is -0.121. The topological polar surface area (TPSA) is 32.7 Å². The standard InChI is InChI=1S/C17H26INO2/c20-15-7-11-19(13-15)16-3-1-2-4-17(16)21-12-8-14-5-9-18-10-6-14/h5-6,9-10,15-17,20H,1-4,7-8,11-13H2/t15-,16+,17+/m1/s1. The quantitative estimate of drug-likeness (QED) is 0.717. The molecule has 2 aliphatic heterocycles. The second kappa shape index (κ2) is 7.99. The summed E-state index contributed by atoms with van der Waals surface area (Å²) in [6.45, 7) is 2.72. The number of allylic oxidation sites excluding steroid dienone is 2. The first-order valence-corrected chi connectivity index (χ1v) is 10.7. The highest BCUT2D eigenvalue weighted by atomic mass is 127. The van der Waals surface area contributed by atoms with Crippen molar-refractivity contribution >= 4 is 24.7 Å². The highest BCUT2D eigenvalue weighted by Gasteiger charge is 2.34. The van der Waals surface area contributed by atoms with Crippen molar-refractivity contribution in [1.82, 2.24) is 4.90 Å². The predicted molar refractivity (Wildman–Crippen MR) is 96.1 cm³/mol. The minimum absolute atomic E-state index is 0.121. The van der Waals surface area contributed by atoms with Crippen LogP contribution in [0, 0.1) is 0 Å². The van der Waals surface area contributed by atoms with Gasteiger partial charge in [0, 0.05) is 19.1 Å². The zero-order valence-corrected chi connectivity index (χ0v) is 14.7. The van der Waals surface area contributed by atoms with E-state index < -0.39 is 0 Å². The number of nitrogens with zero attached hydrogens (tertiary/aromatic N) is 1. The molecule has 3 rings (SSSR count). The van der Waals surface area contributed by atoms with E-state index in [0.717, 1.165) is 32.5 Å². The van der Waals surface area contributed by atoms with E-state index in [1.807, 2.05) is 0 Å². The molecule has 0 unspecified atom stereocenters. The van der Waals surface area contributed by atoms with Gasteiger partial charge in [0.05, 0.1) is 18.8 Å². The molecule has 2 fully saturated rings. The van der Waals surface area contributed by atoms with Gasteiger partial charge in [-0.15, -0.1) is 0 Å². The lowest BCUT2D eigenvalue weighted by atomic mass is 9.91. The van der Waals surface area contributed by atoms with Crippen LogP contribution in [-0.4, -0.2) is 52.0 Å². The maximum absolute atomic E-state index is 9.76. The number of halogens is 1. The van der Waals surface area contributed by atoms with Crippen LogP contribution < -0.4 is 0 Å². The van der Waals surface area contributed by atoms with Crippen LogP contribution in [0.5, 0.6) is 0 Å². The number of aliphatic hydroxyl groups excluding tert-OH is 1. The fourth-order valence-corrected chi connectivity index (χ4v) is 5.16. The number of β-amino-alcohol motifs (C(OH)–C–C–N with tert-alkyl or cyclic N) is 1. The molecule has 118 valence electrons. The predicted octanol–water partition coefficient (Wildman–Crippen LogP) is 3.00. The van der Waals surface area contributed by atoms with Crippen molar-refractivity contribution in [2.24, 2.45) is 0 Å². The van der Waals surface area contributed by atoms with Gasteiger partial charge < -0.3 is 9.84 Å². The highest BCUT2D eigenvalue weighted by molar-refractivity contribution is 14.2. The summed E-state index contributed by atoms with van der Waals surface area (Å²) < 4.78 is 10.9. The first kappa shape index (κ1) is 15.8. The Morgan fingerprint density at radius 1 is 1.29 bits per heavy atom. The SMILES string of the molecule is O[C@@H]1CCN([C@H]2CCCC[C@@H]2OCCC2=CC=IC=C2)C1. The first-order valence-electron chi connectivity index (χ1n) is 8.17. The van der Waals surface area contributed by atoms with E-state index in [4.69, 9.17) is 4.74 Å². The van der Waals surface area contributed by atoms with Gasteiger partial charge in [-0.2, -0.15) is 0 Å². The molecular formula is C17H26INO2. The van der Waals surface area contributed by atoms with E-state index in [-0.39, 0.29) is 26.8 Å². The van der Waals surface area contributed by atoms with Crippen molar-refractivity contribution < 1.29 is 9.84 Å². The third-order valence-electron chi connectivity index (χ3n) is 4.75. The Labute approximate surface area is 137 Å². The molecule has 1 aliphatic carbocycles. The lowest BCUT2D eigenvalue weighted by Gasteiger charge is -2.37. The summed E-state index contributed by atoms with van der Waals surface area (Å²) in [6.07, 6.45) is 11.8. The molecule has 1 saturated carbocycles. The van der Waals surface area contributed by atoms with E-state index in [2.05, 4.69) is 25.1 Å². The summed E-state index contributed by atoms with van der Waals surface area (Å²) in [5.41, 5.74) is 1.41. The molecule has 4 heteroatoms. The maximum atomic E-state index is 9.76. The number of hydrogen-bond donors (Lipinski definition) is 1. The van der Waals surface area contributed by atoms with Crippen LogP contribution in [0.4, 0.5) is 0 Å². The fraction of sp³-hybridized carbons (Fsp3) is 0.706. The summed E-state index contributed by atoms with van der Waals surface area (Å²) in [7, 11) is 0. The Balaban J connectivity index is 1.49. The van der Waals surface area contributed by atoms with Gasteiger partial charge in [0.15, 0.2) is 0 Å². The Morgan fingerprint density at radius 3 is 2.95 bits per heavy atom. The van der Waals surface area contributed by atoms with Crippen molar-refractivity contribution in [2.45, 2.75) is 56.8 Å². The van der Waals surface area contributed by atoms with Crippen LogP contribution >= 0.6 is 20.7 Å². The van der Waals surface area contributed by atoms with Gasteiger partial charge in [0.2, 0.25) is 0 Å². The normalized spacial score (nSPS) is 33.8. The fourth-order valence-electron chi connectivity index (χ4n) is 3.59. The van der Waals surface area contributed by atoms with E-state index in [1.54, 1.807) is 0 Å². The Kier molecular flexibility index (Phi) is 6.03. The van der Waals surface area contributed by atoms with Crippen molar-refractivity contribution in [3.05, 3.63) is 21.8 Å². The van der Waals surface area contributed by atoms with E-state index in [1.165, 1.54) is 31.3 Å². The average molecular weight is 403 g/mol. The number of hydrogen-bond acceptors (Lipinski definition) is 3. The van der Waals surface area contributed by atoms with Crippen LogP contribution in [0.2, 0.25) is 0 Å². The zero-order valence-electron chi connectivity index (χ0n) is 12.6. The van der Waals surface area contributed by atoms with Crippen LogP contribution in [0.1, 0.15) is 38.5 Å². The summed E-state index contributed by atoms with van der Waals surface area (Å²) in [5.74, 6) is 0. The first-order chi connectivity index (χ1) is 10.3. The molecule has 0 aromatic carbocycles. The van der Waals surface area contributed by atoms with E-state index in [9.17, 15) is 5.11 Å². The van der Waals surface area contributed by atoms with Crippen LogP contribution in [0.25, 0.3) is 0 Å². The number of ether oxygens (including phenoxy) is 1. The van der Waals surface area contributed by atoms with Crippen LogP contribution in [-0.2, 0) is 4.74 Å². The smallest absolute Gasteiger partial charge is 0.0730 e. The van der Waals surface area contributed by atoms with Crippen molar-refractivity contribution in [3.8, 4) is 0 Å². The van der Waals surface area contributed by atoms with Gasteiger partial charge >= 0.3 is 0 Å². The molecule has 0 bridgehead atoms. The molecule has 0 aromatic rings. The monoisotopic (exact) mass is 403 g/mol. The summed E-state index contributed by atoms with van der Waals surface area (Å²) >= 11 is 0.187. The van der Waals surface area contributed by atoms with E-state index >= 15 is 0 Å². The van der Waals surface area contributed by atoms with Gasteiger partial charge in [-0.05, 0) is 39.4 Å². The van der Waals surface area contributed by atoms with Gasteiger partial charge in [0.1, 0.15) is 0 Å². The Morgan fingerprint density at radius 2 is 2.19 bits per heavy atom. The van der Waals surface area contributed by atoms with E-state index in [0.29, 0.717) is 12.1 Å². The van der Waals surface area contributed by atoms with Crippen molar-refractivity contribution in [1.29, 1.82) is 0 Å². The van der Waals surface area contributed by atoms with Crippen molar-refractivity contribution in [2.75, 3.05) is 19.7 Å². The molecule has 0 radical (unpaired) electrons. The molecule has 0 spiro atoms. The lowest BCUT2D eigenvalue weighted by molar-refractivity contribution is -0.0314. The summed E-state index contributed by atoms with van der Waals surface area (Å²) in [5, 5.41) is 9.76. The molecule has 0 aromatic heterocycles. The molecule has 3 aliphatic rings. The molecule has 21 heavy (non-hydrogen) atoms. The van der Waals surface area contributed by atoms with Gasteiger partial charge in [-0.1, -0.05) is 45.7 Å². The second-order valence-corrected chi connectivity index (χ2v) is 8.39. The maximum Gasteiger partial charge on any atom is 0.0730 e. The average Bonchev–Trinajstić information content (AvgIpc) is 2.95. The highest BCUT2D eigenvalue weighted by Crippen LogP contribution is 2.28. The molecule has 3 nitrogen and oxygen atoms in total.